The van der Waals surface area contributed by atoms with Gasteiger partial charge < -0.3 is 10.3 Å². The van der Waals surface area contributed by atoms with Gasteiger partial charge in [0.1, 0.15) is 5.82 Å². The summed E-state index contributed by atoms with van der Waals surface area (Å²) in [5.74, 6) is 1.06. The Morgan fingerprint density at radius 1 is 1.22 bits per heavy atom. The Morgan fingerprint density at radius 2 is 1.89 bits per heavy atom. The third-order valence-electron chi connectivity index (χ3n) is 3.92. The highest BCUT2D eigenvalue weighted by atomic mass is 15.2. The molecule has 0 bridgehead atoms. The van der Waals surface area contributed by atoms with Gasteiger partial charge in [-0.15, -0.1) is 0 Å². The van der Waals surface area contributed by atoms with Gasteiger partial charge in [-0.2, -0.15) is 0 Å². The Balaban J connectivity index is 2.30. The second kappa shape index (κ2) is 3.58. The molecule has 3 heteroatoms. The van der Waals surface area contributed by atoms with Crippen molar-refractivity contribution in [1.82, 2.24) is 9.55 Å². The third-order valence-corrected chi connectivity index (χ3v) is 3.92. The third kappa shape index (κ3) is 1.57. The summed E-state index contributed by atoms with van der Waals surface area (Å²) >= 11 is 0. The first-order chi connectivity index (χ1) is 8.42. The maximum absolute atomic E-state index is 6.50. The fourth-order valence-electron chi connectivity index (χ4n) is 2.82. The van der Waals surface area contributed by atoms with Crippen LogP contribution in [-0.4, -0.2) is 9.55 Å². The summed E-state index contributed by atoms with van der Waals surface area (Å²) in [7, 11) is 0. The number of fused-ring (bicyclic) bond motifs is 1. The molecule has 0 spiro atoms. The number of aromatic nitrogens is 2. The van der Waals surface area contributed by atoms with Gasteiger partial charge in [-0.25, -0.2) is 4.98 Å². The van der Waals surface area contributed by atoms with Crippen molar-refractivity contribution in [2.45, 2.75) is 51.1 Å². The van der Waals surface area contributed by atoms with E-state index in [9.17, 15) is 0 Å². The Morgan fingerprint density at radius 3 is 2.44 bits per heavy atom. The summed E-state index contributed by atoms with van der Waals surface area (Å²) in [5, 5.41) is 0. The van der Waals surface area contributed by atoms with Crippen LogP contribution in [0, 0.1) is 0 Å². The van der Waals surface area contributed by atoms with E-state index in [1.54, 1.807) is 0 Å². The molecule has 0 radical (unpaired) electrons. The standard InChI is InChI=1S/C15H21N3/c1-14(2,3)18-12-8-5-4-7-11(12)17-13(18)15(16)9-6-10-15/h4-5,7-8H,6,9-10,16H2,1-3H3. The molecule has 2 N–H and O–H groups in total. The molecule has 2 aromatic rings. The van der Waals surface area contributed by atoms with Gasteiger partial charge in [0.15, 0.2) is 0 Å². The van der Waals surface area contributed by atoms with E-state index < -0.39 is 0 Å². The number of nitrogens with zero attached hydrogens (tertiary/aromatic N) is 2. The molecule has 1 aromatic carbocycles. The van der Waals surface area contributed by atoms with Crippen molar-refractivity contribution in [1.29, 1.82) is 0 Å². The summed E-state index contributed by atoms with van der Waals surface area (Å²) in [6.45, 7) is 6.64. The van der Waals surface area contributed by atoms with Gasteiger partial charge in [0.05, 0.1) is 16.6 Å². The quantitative estimate of drug-likeness (QED) is 0.836. The van der Waals surface area contributed by atoms with Gasteiger partial charge in [0.25, 0.3) is 0 Å². The molecule has 1 saturated carbocycles. The molecule has 18 heavy (non-hydrogen) atoms. The molecule has 0 atom stereocenters. The molecule has 0 amide bonds. The lowest BCUT2D eigenvalue weighted by Crippen LogP contribution is -2.47. The Labute approximate surface area is 108 Å². The van der Waals surface area contributed by atoms with Gasteiger partial charge in [0, 0.05) is 5.54 Å². The van der Waals surface area contributed by atoms with E-state index in [-0.39, 0.29) is 11.1 Å². The number of benzene rings is 1. The van der Waals surface area contributed by atoms with Crippen molar-refractivity contribution in [3.05, 3.63) is 30.1 Å². The Bertz CT molecular complexity index is 585. The van der Waals surface area contributed by atoms with Crippen LogP contribution in [0.1, 0.15) is 45.9 Å². The predicted octanol–water partition coefficient (Wildman–Crippen LogP) is 3.13. The van der Waals surface area contributed by atoms with Crippen LogP contribution in [0.4, 0.5) is 0 Å². The first kappa shape index (κ1) is 11.7. The van der Waals surface area contributed by atoms with Crippen LogP contribution in [0.5, 0.6) is 0 Å². The van der Waals surface area contributed by atoms with Gasteiger partial charge in [-0.05, 0) is 52.2 Å². The smallest absolute Gasteiger partial charge is 0.130 e. The summed E-state index contributed by atoms with van der Waals surface area (Å²) < 4.78 is 2.32. The van der Waals surface area contributed by atoms with Crippen molar-refractivity contribution >= 4 is 11.0 Å². The number of para-hydroxylation sites is 2. The van der Waals surface area contributed by atoms with E-state index in [2.05, 4.69) is 43.5 Å². The normalized spacial score (nSPS) is 18.9. The average molecular weight is 243 g/mol. The maximum Gasteiger partial charge on any atom is 0.130 e. The SMILES string of the molecule is CC(C)(C)n1c(C2(N)CCC2)nc2ccccc21. The molecule has 96 valence electrons. The van der Waals surface area contributed by atoms with E-state index >= 15 is 0 Å². The molecular weight excluding hydrogens is 222 g/mol. The molecule has 3 nitrogen and oxygen atoms in total. The highest BCUT2D eigenvalue weighted by Crippen LogP contribution is 2.41. The van der Waals surface area contributed by atoms with Crippen LogP contribution in [-0.2, 0) is 11.1 Å². The highest BCUT2D eigenvalue weighted by molar-refractivity contribution is 5.76. The van der Waals surface area contributed by atoms with E-state index in [0.29, 0.717) is 0 Å². The molecule has 1 aromatic heterocycles. The van der Waals surface area contributed by atoms with E-state index in [1.165, 1.54) is 11.9 Å². The molecule has 1 aliphatic carbocycles. The van der Waals surface area contributed by atoms with Crippen molar-refractivity contribution in [3.8, 4) is 0 Å². The minimum absolute atomic E-state index is 0.00734. The van der Waals surface area contributed by atoms with Crippen LogP contribution < -0.4 is 5.73 Å². The van der Waals surface area contributed by atoms with Crippen LogP contribution in [0.25, 0.3) is 11.0 Å². The van der Waals surface area contributed by atoms with Gasteiger partial charge in [-0.1, -0.05) is 12.1 Å². The molecule has 3 rings (SSSR count). The Hall–Kier alpha value is -1.35. The molecule has 0 unspecified atom stereocenters. The lowest BCUT2D eigenvalue weighted by Gasteiger charge is -2.40. The molecule has 1 heterocycles. The first-order valence-corrected chi connectivity index (χ1v) is 6.69. The zero-order valence-electron chi connectivity index (χ0n) is 11.4. The van der Waals surface area contributed by atoms with Gasteiger partial charge in [0.2, 0.25) is 0 Å². The fourth-order valence-corrected chi connectivity index (χ4v) is 2.82. The number of hydrogen-bond donors (Lipinski definition) is 1. The molecular formula is C15H21N3. The van der Waals surface area contributed by atoms with E-state index in [1.807, 2.05) is 6.07 Å². The van der Waals surface area contributed by atoms with Gasteiger partial charge in [-0.3, -0.25) is 0 Å². The number of imidazole rings is 1. The summed E-state index contributed by atoms with van der Waals surface area (Å²) in [6.07, 6.45) is 3.31. The lowest BCUT2D eigenvalue weighted by atomic mass is 9.76. The largest absolute Gasteiger partial charge is 0.321 e. The highest BCUT2D eigenvalue weighted by Gasteiger charge is 2.40. The molecule has 0 aliphatic heterocycles. The topological polar surface area (TPSA) is 43.8 Å². The number of hydrogen-bond acceptors (Lipinski definition) is 2. The summed E-state index contributed by atoms with van der Waals surface area (Å²) in [5.41, 5.74) is 8.54. The second-order valence-electron chi connectivity index (χ2n) is 6.44. The minimum atomic E-state index is -0.216. The molecule has 1 aliphatic rings. The first-order valence-electron chi connectivity index (χ1n) is 6.69. The van der Waals surface area contributed by atoms with Crippen molar-refractivity contribution in [3.63, 3.8) is 0 Å². The number of nitrogens with two attached hydrogens (primary N) is 1. The summed E-state index contributed by atoms with van der Waals surface area (Å²) in [4.78, 5) is 4.81. The number of rotatable bonds is 1. The fraction of sp³-hybridized carbons (Fsp3) is 0.533. The molecule has 0 saturated heterocycles. The zero-order chi connectivity index (χ0) is 13.0. The van der Waals surface area contributed by atoms with E-state index in [4.69, 9.17) is 10.7 Å². The van der Waals surface area contributed by atoms with E-state index in [0.717, 1.165) is 24.2 Å². The minimum Gasteiger partial charge on any atom is -0.321 e. The lowest BCUT2D eigenvalue weighted by molar-refractivity contribution is 0.216. The molecule has 1 fully saturated rings. The van der Waals surface area contributed by atoms with Crippen molar-refractivity contribution in [2.75, 3.05) is 0 Å². The monoisotopic (exact) mass is 243 g/mol. The van der Waals surface area contributed by atoms with Crippen molar-refractivity contribution < 1.29 is 0 Å². The zero-order valence-corrected chi connectivity index (χ0v) is 11.4. The van der Waals surface area contributed by atoms with Crippen LogP contribution in [0.15, 0.2) is 24.3 Å². The average Bonchev–Trinajstić information content (AvgIpc) is 2.64. The second-order valence-corrected chi connectivity index (χ2v) is 6.44. The predicted molar refractivity (Wildman–Crippen MR) is 74.4 cm³/mol. The maximum atomic E-state index is 6.50. The van der Waals surface area contributed by atoms with Crippen molar-refractivity contribution in [2.24, 2.45) is 5.73 Å². The summed E-state index contributed by atoms with van der Waals surface area (Å²) in [6, 6.07) is 8.32. The van der Waals surface area contributed by atoms with Crippen LogP contribution in [0.3, 0.4) is 0 Å². The van der Waals surface area contributed by atoms with Crippen LogP contribution in [0.2, 0.25) is 0 Å². The van der Waals surface area contributed by atoms with Crippen LogP contribution >= 0.6 is 0 Å². The van der Waals surface area contributed by atoms with Gasteiger partial charge >= 0.3 is 0 Å². The Kier molecular flexibility index (Phi) is 2.33.